The minimum atomic E-state index is -0.158. The molecule has 1 N–H and O–H groups in total. The maximum atomic E-state index is 12.6. The van der Waals surface area contributed by atoms with Crippen LogP contribution in [-0.2, 0) is 16.1 Å². The zero-order valence-corrected chi connectivity index (χ0v) is 16.0. The molecule has 1 saturated carbocycles. The molecule has 1 aliphatic heterocycles. The fraction of sp³-hybridized carbons (Fsp3) is 0.789. The van der Waals surface area contributed by atoms with Gasteiger partial charge in [0.25, 0.3) is 0 Å². The quantitative estimate of drug-likeness (QED) is 0.843. The summed E-state index contributed by atoms with van der Waals surface area (Å²) in [5.74, 6) is 1.38. The van der Waals surface area contributed by atoms with E-state index in [1.807, 2.05) is 16.5 Å². The number of piperidine rings is 1. The molecular weight excluding hydrogens is 330 g/mol. The van der Waals surface area contributed by atoms with E-state index in [2.05, 4.69) is 22.3 Å². The van der Waals surface area contributed by atoms with Crippen molar-refractivity contribution in [3.8, 4) is 0 Å². The summed E-state index contributed by atoms with van der Waals surface area (Å²) in [4.78, 5) is 31.4. The minimum Gasteiger partial charge on any atom is -0.346 e. The first-order valence-electron chi connectivity index (χ1n) is 10.1. The molecule has 2 heterocycles. The Balaban J connectivity index is 1.48. The number of likely N-dealkylation sites (tertiary alicyclic amines) is 1. The van der Waals surface area contributed by atoms with E-state index in [1.165, 1.54) is 12.8 Å². The predicted molar refractivity (Wildman–Crippen MR) is 98.1 cm³/mol. The first-order chi connectivity index (χ1) is 12.6. The van der Waals surface area contributed by atoms with Crippen molar-refractivity contribution in [2.45, 2.75) is 71.4 Å². The van der Waals surface area contributed by atoms with Crippen molar-refractivity contribution in [2.24, 2.45) is 11.8 Å². The van der Waals surface area contributed by atoms with Gasteiger partial charge in [-0.1, -0.05) is 19.8 Å². The zero-order chi connectivity index (χ0) is 18.5. The van der Waals surface area contributed by atoms with Crippen LogP contribution in [-0.4, -0.2) is 44.6 Å². The lowest BCUT2D eigenvalue weighted by Crippen LogP contribution is -2.45. The molecule has 0 spiro atoms. The smallest absolute Gasteiger partial charge is 0.225 e. The number of hydrogen-bond donors (Lipinski definition) is 1. The van der Waals surface area contributed by atoms with Gasteiger partial charge in [0, 0.05) is 31.5 Å². The molecule has 0 radical (unpaired) electrons. The number of aryl methyl sites for hydroxylation is 1. The molecule has 7 nitrogen and oxygen atoms in total. The number of nitrogens with one attached hydrogen (secondary N) is 1. The van der Waals surface area contributed by atoms with Gasteiger partial charge < -0.3 is 10.2 Å². The minimum absolute atomic E-state index is 0.0207. The van der Waals surface area contributed by atoms with Gasteiger partial charge in [-0.25, -0.2) is 9.67 Å². The van der Waals surface area contributed by atoms with Gasteiger partial charge in [0.05, 0.1) is 6.04 Å². The van der Waals surface area contributed by atoms with E-state index in [-0.39, 0.29) is 23.8 Å². The van der Waals surface area contributed by atoms with Crippen molar-refractivity contribution in [3.05, 3.63) is 12.2 Å². The Morgan fingerprint density at radius 2 is 1.88 bits per heavy atom. The van der Waals surface area contributed by atoms with Crippen LogP contribution in [0.1, 0.15) is 70.7 Å². The van der Waals surface area contributed by atoms with Gasteiger partial charge in [0.1, 0.15) is 12.2 Å². The lowest BCUT2D eigenvalue weighted by Gasteiger charge is -2.33. The number of rotatable bonds is 6. The number of aromatic nitrogens is 3. The maximum absolute atomic E-state index is 12.6. The van der Waals surface area contributed by atoms with Gasteiger partial charge in [0.2, 0.25) is 11.8 Å². The van der Waals surface area contributed by atoms with Gasteiger partial charge in [0.15, 0.2) is 0 Å². The summed E-state index contributed by atoms with van der Waals surface area (Å²) < 4.78 is 1.85. The molecular formula is C19H31N5O2. The van der Waals surface area contributed by atoms with Crippen molar-refractivity contribution < 1.29 is 9.59 Å². The average Bonchev–Trinajstić information content (AvgIpc) is 3.33. The molecule has 2 fully saturated rings. The summed E-state index contributed by atoms with van der Waals surface area (Å²) in [6, 6.07) is -0.158. The van der Waals surface area contributed by atoms with Crippen LogP contribution in [0.2, 0.25) is 0 Å². The van der Waals surface area contributed by atoms with Crippen LogP contribution in [0.5, 0.6) is 0 Å². The van der Waals surface area contributed by atoms with E-state index in [0.29, 0.717) is 19.0 Å². The first kappa shape index (κ1) is 18.9. The molecule has 0 bridgehead atoms. The number of hydrogen-bond acceptors (Lipinski definition) is 4. The second-order valence-electron chi connectivity index (χ2n) is 7.65. The summed E-state index contributed by atoms with van der Waals surface area (Å²) in [7, 11) is 0. The van der Waals surface area contributed by atoms with Gasteiger partial charge in [-0.2, -0.15) is 5.10 Å². The molecule has 1 atom stereocenters. The van der Waals surface area contributed by atoms with Crippen molar-refractivity contribution in [1.29, 1.82) is 0 Å². The fourth-order valence-electron chi connectivity index (χ4n) is 4.18. The lowest BCUT2D eigenvalue weighted by molar-refractivity contribution is -0.139. The number of carbonyl (C=O) groups excluding carboxylic acids is 2. The van der Waals surface area contributed by atoms with Crippen LogP contribution < -0.4 is 5.32 Å². The number of amides is 2. The van der Waals surface area contributed by atoms with E-state index in [0.717, 1.165) is 44.5 Å². The highest BCUT2D eigenvalue weighted by molar-refractivity contribution is 5.81. The Hall–Kier alpha value is -1.92. The van der Waals surface area contributed by atoms with E-state index >= 15 is 0 Å². The monoisotopic (exact) mass is 361 g/mol. The highest BCUT2D eigenvalue weighted by atomic mass is 16.2. The van der Waals surface area contributed by atoms with Crippen molar-refractivity contribution in [3.63, 3.8) is 0 Å². The summed E-state index contributed by atoms with van der Waals surface area (Å²) in [6.45, 7) is 6.25. The average molecular weight is 361 g/mol. The molecule has 1 aliphatic carbocycles. The molecule has 0 aromatic carbocycles. The summed E-state index contributed by atoms with van der Waals surface area (Å²) in [5.41, 5.74) is 0. The first-order valence-corrected chi connectivity index (χ1v) is 10.1. The molecule has 0 unspecified atom stereocenters. The van der Waals surface area contributed by atoms with Gasteiger partial charge in [-0.3, -0.25) is 9.59 Å². The summed E-state index contributed by atoms with van der Waals surface area (Å²) >= 11 is 0. The third-order valence-electron chi connectivity index (χ3n) is 5.71. The Bertz CT molecular complexity index is 615. The second-order valence-corrected chi connectivity index (χ2v) is 7.65. The van der Waals surface area contributed by atoms with Gasteiger partial charge >= 0.3 is 0 Å². The number of nitrogens with zero attached hydrogens (tertiary/aromatic N) is 4. The third-order valence-corrected chi connectivity index (χ3v) is 5.71. The van der Waals surface area contributed by atoms with Gasteiger partial charge in [-0.15, -0.1) is 0 Å². The SMILES string of the molecule is CCCn1ncnc1[C@H](C)NC(=O)C1CCN(C(=O)C2CCCC2)CC1. The van der Waals surface area contributed by atoms with Crippen LogP contribution in [0.3, 0.4) is 0 Å². The molecule has 1 aromatic rings. The molecule has 1 aromatic heterocycles. The Morgan fingerprint density at radius 1 is 1.19 bits per heavy atom. The van der Waals surface area contributed by atoms with Crippen LogP contribution in [0.25, 0.3) is 0 Å². The van der Waals surface area contributed by atoms with E-state index in [9.17, 15) is 9.59 Å². The predicted octanol–water partition coefficient (Wildman–Crippen LogP) is 2.29. The van der Waals surface area contributed by atoms with Crippen LogP contribution in [0, 0.1) is 11.8 Å². The van der Waals surface area contributed by atoms with Crippen LogP contribution in [0.4, 0.5) is 0 Å². The van der Waals surface area contributed by atoms with Crippen LogP contribution >= 0.6 is 0 Å². The molecule has 144 valence electrons. The summed E-state index contributed by atoms with van der Waals surface area (Å²) in [5, 5.41) is 7.31. The zero-order valence-electron chi connectivity index (χ0n) is 16.0. The van der Waals surface area contributed by atoms with Crippen molar-refractivity contribution in [2.75, 3.05) is 13.1 Å². The summed E-state index contributed by atoms with van der Waals surface area (Å²) in [6.07, 6.45) is 8.44. The highest BCUT2D eigenvalue weighted by Crippen LogP contribution is 2.28. The van der Waals surface area contributed by atoms with Crippen molar-refractivity contribution in [1.82, 2.24) is 25.0 Å². The molecule has 1 saturated heterocycles. The topological polar surface area (TPSA) is 80.1 Å². The standard InChI is InChI=1S/C19H31N5O2/c1-3-10-24-17(20-13-21-24)14(2)22-18(25)15-8-11-23(12-9-15)19(26)16-6-4-5-7-16/h13-16H,3-12H2,1-2H3,(H,22,25)/t14-/m0/s1. The van der Waals surface area contributed by atoms with Crippen molar-refractivity contribution >= 4 is 11.8 Å². The Morgan fingerprint density at radius 3 is 2.54 bits per heavy atom. The number of carbonyl (C=O) groups is 2. The van der Waals surface area contributed by atoms with E-state index in [1.54, 1.807) is 6.33 Å². The van der Waals surface area contributed by atoms with Crippen LogP contribution in [0.15, 0.2) is 6.33 Å². The molecule has 2 aliphatic rings. The molecule has 3 rings (SSSR count). The molecule has 2 amide bonds. The van der Waals surface area contributed by atoms with E-state index < -0.39 is 0 Å². The normalized spacial score (nSPS) is 20.3. The largest absolute Gasteiger partial charge is 0.346 e. The second kappa shape index (κ2) is 8.64. The van der Waals surface area contributed by atoms with Gasteiger partial charge in [-0.05, 0) is 39.0 Å². The Kier molecular flexibility index (Phi) is 6.27. The molecule has 7 heteroatoms. The maximum Gasteiger partial charge on any atom is 0.225 e. The fourth-order valence-corrected chi connectivity index (χ4v) is 4.18. The lowest BCUT2D eigenvalue weighted by atomic mass is 9.94. The van der Waals surface area contributed by atoms with E-state index in [4.69, 9.17) is 0 Å². The third kappa shape index (κ3) is 4.24. The molecule has 26 heavy (non-hydrogen) atoms. The Labute approximate surface area is 155 Å². The highest BCUT2D eigenvalue weighted by Gasteiger charge is 2.32.